The molecule has 1 saturated carbocycles. The normalized spacial score (nSPS) is 13.9. The molecule has 0 radical (unpaired) electrons. The summed E-state index contributed by atoms with van der Waals surface area (Å²) >= 11 is 1.67. The second-order valence-electron chi connectivity index (χ2n) is 8.69. The minimum Gasteiger partial charge on any atom is -0.459 e. The van der Waals surface area contributed by atoms with E-state index < -0.39 is 5.85 Å². The van der Waals surface area contributed by atoms with Gasteiger partial charge < -0.3 is 9.26 Å². The van der Waals surface area contributed by atoms with E-state index in [-0.39, 0.29) is 5.89 Å². The lowest BCUT2D eigenvalue weighted by molar-refractivity contribution is -0.0256. The number of ether oxygens (including phenoxy) is 1. The third-order valence-corrected chi connectivity index (χ3v) is 6.04. The lowest BCUT2D eigenvalue weighted by Crippen LogP contribution is -2.20. The molecule has 1 aliphatic carbocycles. The van der Waals surface area contributed by atoms with E-state index in [0.717, 1.165) is 11.4 Å². The summed E-state index contributed by atoms with van der Waals surface area (Å²) < 4.78 is 29.6. The Balaban J connectivity index is 1.28. The fourth-order valence-electron chi connectivity index (χ4n) is 3.28. The summed E-state index contributed by atoms with van der Waals surface area (Å²) in [5.41, 5.74) is 1.84. The van der Waals surface area contributed by atoms with Crippen molar-refractivity contribution in [3.63, 3.8) is 0 Å². The molecule has 4 aromatic rings. The van der Waals surface area contributed by atoms with Gasteiger partial charge in [-0.05, 0) is 73.7 Å². The van der Waals surface area contributed by atoms with Crippen LogP contribution in [-0.2, 0) is 6.54 Å². The molecule has 2 aromatic heterocycles. The Kier molecular flexibility index (Phi) is 6.09. The predicted octanol–water partition coefficient (Wildman–Crippen LogP) is 5.20. The molecule has 5 rings (SSSR count). The summed E-state index contributed by atoms with van der Waals surface area (Å²) in [5, 5.41) is 8.62. The Bertz CT molecular complexity index is 1280. The molecule has 0 unspecified atom stereocenters. The number of benzene rings is 2. The van der Waals surface area contributed by atoms with Gasteiger partial charge in [-0.1, -0.05) is 17.3 Å². The summed E-state index contributed by atoms with van der Waals surface area (Å²) in [6.45, 7) is 5.18. The van der Waals surface area contributed by atoms with Crippen molar-refractivity contribution in [2.75, 3.05) is 0 Å². The monoisotopic (exact) mass is 480 g/mol. The minimum absolute atomic E-state index is 0.236. The van der Waals surface area contributed by atoms with Crippen LogP contribution in [0.15, 0.2) is 57.9 Å². The van der Waals surface area contributed by atoms with Crippen LogP contribution in [0, 0.1) is 6.92 Å². The molecule has 10 heteroatoms. The molecule has 2 aromatic carbocycles. The molecule has 8 nitrogen and oxygen atoms in total. The zero-order valence-electron chi connectivity index (χ0n) is 19.2. The number of halogens is 1. The molecular weight excluding hydrogens is 455 g/mol. The number of hydrogen-bond acceptors (Lipinski definition) is 8. The van der Waals surface area contributed by atoms with Crippen molar-refractivity contribution < 1.29 is 13.7 Å². The first-order valence-electron chi connectivity index (χ1n) is 11.1. The number of rotatable bonds is 9. The standard InChI is InChI=1S/C24H25FN6O2S/c1-15-26-22(28-31(15)14-16-5-4-6-20(13-16)34-30-18-9-10-18)23-27-21(29-33-23)17-7-11-19(12-8-17)32-24(2,3)25/h4-8,11-13,18,30H,9-10,14H2,1-3H3. The number of nitrogens with one attached hydrogen (secondary N) is 1. The molecule has 34 heavy (non-hydrogen) atoms. The molecule has 0 spiro atoms. The fourth-order valence-corrected chi connectivity index (χ4v) is 4.17. The van der Waals surface area contributed by atoms with Gasteiger partial charge in [0.15, 0.2) is 0 Å². The molecule has 1 aliphatic rings. The second kappa shape index (κ2) is 9.19. The van der Waals surface area contributed by atoms with Gasteiger partial charge in [-0.3, -0.25) is 4.72 Å². The van der Waals surface area contributed by atoms with Crippen LogP contribution in [0.5, 0.6) is 5.75 Å². The van der Waals surface area contributed by atoms with Crippen LogP contribution < -0.4 is 9.46 Å². The maximum absolute atomic E-state index is 13.7. The van der Waals surface area contributed by atoms with Gasteiger partial charge in [0.05, 0.1) is 6.54 Å². The third kappa shape index (κ3) is 5.63. The zero-order chi connectivity index (χ0) is 23.7. The molecule has 2 heterocycles. The van der Waals surface area contributed by atoms with Gasteiger partial charge in [-0.25, -0.2) is 9.67 Å². The molecule has 0 saturated heterocycles. The smallest absolute Gasteiger partial charge is 0.297 e. The lowest BCUT2D eigenvalue weighted by Gasteiger charge is -2.16. The quantitative estimate of drug-likeness (QED) is 0.327. The minimum atomic E-state index is -1.75. The third-order valence-electron chi connectivity index (χ3n) is 5.10. The molecule has 0 bridgehead atoms. The highest BCUT2D eigenvalue weighted by Crippen LogP contribution is 2.27. The fraction of sp³-hybridized carbons (Fsp3) is 0.333. The number of nitrogens with zero attached hydrogens (tertiary/aromatic N) is 5. The van der Waals surface area contributed by atoms with Crippen LogP contribution in [0.2, 0.25) is 0 Å². The largest absolute Gasteiger partial charge is 0.459 e. The number of alkyl halides is 1. The molecule has 1 N–H and O–H groups in total. The summed E-state index contributed by atoms with van der Waals surface area (Å²) in [4.78, 5) is 10.1. The highest BCUT2D eigenvalue weighted by atomic mass is 32.2. The lowest BCUT2D eigenvalue weighted by atomic mass is 10.2. The van der Waals surface area contributed by atoms with Crippen molar-refractivity contribution >= 4 is 11.9 Å². The average molecular weight is 481 g/mol. The maximum Gasteiger partial charge on any atom is 0.297 e. The van der Waals surface area contributed by atoms with Crippen LogP contribution in [0.25, 0.3) is 23.1 Å². The second-order valence-corrected chi connectivity index (χ2v) is 9.61. The molecule has 0 aliphatic heterocycles. The molecular formula is C24H25FN6O2S. The summed E-state index contributed by atoms with van der Waals surface area (Å²) in [7, 11) is 0. The summed E-state index contributed by atoms with van der Waals surface area (Å²) in [5.74, 6) is 0.414. The average Bonchev–Trinajstić information content (AvgIpc) is 3.37. The van der Waals surface area contributed by atoms with Crippen molar-refractivity contribution in [2.45, 2.75) is 56.9 Å². The van der Waals surface area contributed by atoms with E-state index in [1.54, 1.807) is 36.2 Å². The van der Waals surface area contributed by atoms with Gasteiger partial charge >= 0.3 is 0 Å². The van der Waals surface area contributed by atoms with Crippen molar-refractivity contribution in [3.8, 4) is 28.9 Å². The Morgan fingerprint density at radius 1 is 1.15 bits per heavy atom. The number of aryl methyl sites for hydroxylation is 1. The van der Waals surface area contributed by atoms with E-state index >= 15 is 0 Å². The van der Waals surface area contributed by atoms with Crippen LogP contribution in [-0.4, -0.2) is 36.8 Å². The van der Waals surface area contributed by atoms with Crippen LogP contribution in [0.1, 0.15) is 38.1 Å². The summed E-state index contributed by atoms with van der Waals surface area (Å²) in [6, 6.07) is 15.8. The van der Waals surface area contributed by atoms with E-state index in [1.807, 2.05) is 11.6 Å². The van der Waals surface area contributed by atoms with Crippen molar-refractivity contribution in [1.82, 2.24) is 29.6 Å². The zero-order valence-corrected chi connectivity index (χ0v) is 20.0. The van der Waals surface area contributed by atoms with E-state index in [4.69, 9.17) is 9.26 Å². The SMILES string of the molecule is Cc1nc(-c2nc(-c3ccc(OC(C)(C)F)cc3)no2)nn1Cc1cccc(SNC2CC2)c1. The first kappa shape index (κ1) is 22.5. The van der Waals surface area contributed by atoms with Gasteiger partial charge in [0.25, 0.3) is 5.89 Å². The highest BCUT2D eigenvalue weighted by molar-refractivity contribution is 7.97. The topological polar surface area (TPSA) is 90.9 Å². The van der Waals surface area contributed by atoms with E-state index in [1.165, 1.54) is 31.6 Å². The van der Waals surface area contributed by atoms with Gasteiger partial charge in [-0.15, -0.1) is 5.10 Å². The van der Waals surface area contributed by atoms with Gasteiger partial charge in [0.1, 0.15) is 11.6 Å². The number of aromatic nitrogens is 5. The Labute approximate surface area is 201 Å². The molecule has 176 valence electrons. The van der Waals surface area contributed by atoms with Gasteiger partial charge in [0.2, 0.25) is 17.5 Å². The maximum atomic E-state index is 13.7. The Morgan fingerprint density at radius 2 is 1.94 bits per heavy atom. The van der Waals surface area contributed by atoms with E-state index in [0.29, 0.717) is 35.5 Å². The number of hydrogen-bond donors (Lipinski definition) is 1. The van der Waals surface area contributed by atoms with Crippen molar-refractivity contribution in [2.24, 2.45) is 0 Å². The van der Waals surface area contributed by atoms with Crippen LogP contribution in [0.4, 0.5) is 4.39 Å². The molecule has 0 amide bonds. The first-order chi connectivity index (χ1) is 16.3. The van der Waals surface area contributed by atoms with Crippen molar-refractivity contribution in [3.05, 3.63) is 59.9 Å². The van der Waals surface area contributed by atoms with Crippen molar-refractivity contribution in [1.29, 1.82) is 0 Å². The van der Waals surface area contributed by atoms with Gasteiger partial charge in [0, 0.05) is 30.3 Å². The predicted molar refractivity (Wildman–Crippen MR) is 127 cm³/mol. The Morgan fingerprint density at radius 3 is 2.68 bits per heavy atom. The first-order valence-corrected chi connectivity index (χ1v) is 11.9. The van der Waals surface area contributed by atoms with Crippen LogP contribution in [0.3, 0.4) is 0 Å². The van der Waals surface area contributed by atoms with E-state index in [9.17, 15) is 4.39 Å². The molecule has 0 atom stereocenters. The van der Waals surface area contributed by atoms with Gasteiger partial charge in [-0.2, -0.15) is 9.37 Å². The summed E-state index contributed by atoms with van der Waals surface area (Å²) in [6.07, 6.45) is 2.50. The molecule has 1 fully saturated rings. The Hall–Kier alpha value is -3.24. The van der Waals surface area contributed by atoms with E-state index in [2.05, 4.69) is 49.2 Å². The highest BCUT2D eigenvalue weighted by Gasteiger charge is 2.21. The van der Waals surface area contributed by atoms with Crippen LogP contribution >= 0.6 is 11.9 Å².